The molecule has 3 heterocycles. The molecule has 1 aliphatic heterocycles. The number of morpholine rings is 1. The Labute approximate surface area is 150 Å². The zero-order valence-electron chi connectivity index (χ0n) is 14.6. The van der Waals surface area contributed by atoms with Crippen LogP contribution < -0.4 is 5.32 Å². The SMILES string of the molecule is CNC(=O)CN1CCO[C@H](c2c(C(=O)N(C)C)sc3ncccc23)C1. The fraction of sp³-hybridized carbons (Fsp3) is 0.471. The van der Waals surface area contributed by atoms with Crippen LogP contribution in [0.5, 0.6) is 0 Å². The predicted molar refractivity (Wildman–Crippen MR) is 96.8 cm³/mol. The summed E-state index contributed by atoms with van der Waals surface area (Å²) in [4.78, 5) is 33.8. The van der Waals surface area contributed by atoms with Crippen LogP contribution in [0.4, 0.5) is 0 Å². The van der Waals surface area contributed by atoms with Crippen LogP contribution in [0.15, 0.2) is 18.3 Å². The predicted octanol–water partition coefficient (Wildman–Crippen LogP) is 1.12. The lowest BCUT2D eigenvalue weighted by Crippen LogP contribution is -2.43. The molecule has 2 aromatic rings. The number of pyridine rings is 1. The van der Waals surface area contributed by atoms with E-state index in [2.05, 4.69) is 15.2 Å². The van der Waals surface area contributed by atoms with Crippen LogP contribution in [0.1, 0.15) is 21.3 Å². The highest BCUT2D eigenvalue weighted by molar-refractivity contribution is 7.20. The van der Waals surface area contributed by atoms with E-state index in [1.807, 2.05) is 12.1 Å². The Morgan fingerprint density at radius 3 is 3.00 bits per heavy atom. The number of thiophene rings is 1. The van der Waals surface area contributed by atoms with Gasteiger partial charge in [0, 0.05) is 51.4 Å². The number of nitrogens with one attached hydrogen (secondary N) is 1. The van der Waals surface area contributed by atoms with Gasteiger partial charge in [-0.1, -0.05) is 6.07 Å². The summed E-state index contributed by atoms with van der Waals surface area (Å²) in [6.07, 6.45) is 1.47. The molecule has 0 aromatic carbocycles. The Hall–Kier alpha value is -2.03. The lowest BCUT2D eigenvalue weighted by Gasteiger charge is -2.32. The molecule has 3 rings (SSSR count). The van der Waals surface area contributed by atoms with Crippen molar-refractivity contribution < 1.29 is 14.3 Å². The highest BCUT2D eigenvalue weighted by Gasteiger charge is 2.31. The van der Waals surface area contributed by atoms with Crippen molar-refractivity contribution in [1.82, 2.24) is 20.1 Å². The maximum absolute atomic E-state index is 12.7. The number of hydrogen-bond acceptors (Lipinski definition) is 6. The highest BCUT2D eigenvalue weighted by Crippen LogP contribution is 2.37. The number of aromatic nitrogens is 1. The first-order chi connectivity index (χ1) is 12.0. The van der Waals surface area contributed by atoms with Crippen LogP contribution in [-0.4, -0.2) is 74.0 Å². The number of carbonyl (C=O) groups excluding carboxylic acids is 2. The van der Waals surface area contributed by atoms with E-state index in [-0.39, 0.29) is 17.9 Å². The van der Waals surface area contributed by atoms with Crippen molar-refractivity contribution in [1.29, 1.82) is 0 Å². The maximum atomic E-state index is 12.7. The van der Waals surface area contributed by atoms with Crippen molar-refractivity contribution in [3.05, 3.63) is 28.8 Å². The molecule has 0 unspecified atom stereocenters. The summed E-state index contributed by atoms with van der Waals surface area (Å²) in [5.41, 5.74) is 0.883. The second kappa shape index (κ2) is 7.47. The van der Waals surface area contributed by atoms with Gasteiger partial charge >= 0.3 is 0 Å². The van der Waals surface area contributed by atoms with Crippen LogP contribution in [0, 0.1) is 0 Å². The van der Waals surface area contributed by atoms with Gasteiger partial charge in [-0.3, -0.25) is 14.5 Å². The first-order valence-corrected chi connectivity index (χ1v) is 8.96. The molecular weight excluding hydrogens is 340 g/mol. The number of amides is 2. The first-order valence-electron chi connectivity index (χ1n) is 8.15. The summed E-state index contributed by atoms with van der Waals surface area (Å²) in [6.45, 7) is 2.12. The Balaban J connectivity index is 1.97. The van der Waals surface area contributed by atoms with Gasteiger partial charge in [0.15, 0.2) is 0 Å². The summed E-state index contributed by atoms with van der Waals surface area (Å²) < 4.78 is 5.98. The standard InChI is InChI=1S/C17H22N4O3S/c1-18-13(22)10-21-7-8-24-12(9-21)14-11-5-4-6-19-16(11)25-15(14)17(23)20(2)3/h4-6,12H,7-10H2,1-3H3,(H,18,22)/t12-/m0/s1. The van der Waals surface area contributed by atoms with Gasteiger partial charge in [-0.25, -0.2) is 4.98 Å². The molecule has 2 amide bonds. The van der Waals surface area contributed by atoms with E-state index >= 15 is 0 Å². The maximum Gasteiger partial charge on any atom is 0.263 e. The molecule has 25 heavy (non-hydrogen) atoms. The number of rotatable bonds is 4. The molecule has 0 bridgehead atoms. The van der Waals surface area contributed by atoms with Crippen LogP contribution >= 0.6 is 11.3 Å². The average Bonchev–Trinajstić information content (AvgIpc) is 3.00. The first kappa shape index (κ1) is 17.8. The molecule has 134 valence electrons. The lowest BCUT2D eigenvalue weighted by atomic mass is 10.0. The van der Waals surface area contributed by atoms with Crippen molar-refractivity contribution in [2.45, 2.75) is 6.10 Å². The quantitative estimate of drug-likeness (QED) is 0.882. The summed E-state index contributed by atoms with van der Waals surface area (Å²) >= 11 is 1.39. The van der Waals surface area contributed by atoms with E-state index in [0.717, 1.165) is 15.8 Å². The van der Waals surface area contributed by atoms with Crippen molar-refractivity contribution >= 4 is 33.4 Å². The molecule has 1 aliphatic rings. The van der Waals surface area contributed by atoms with Gasteiger partial charge in [-0.15, -0.1) is 11.3 Å². The van der Waals surface area contributed by atoms with E-state index in [4.69, 9.17) is 4.74 Å². The second-order valence-corrected chi connectivity index (χ2v) is 7.17. The molecule has 0 aliphatic carbocycles. The third kappa shape index (κ3) is 3.65. The van der Waals surface area contributed by atoms with Crippen molar-refractivity contribution in [3.63, 3.8) is 0 Å². The monoisotopic (exact) mass is 362 g/mol. The molecule has 7 nitrogen and oxygen atoms in total. The van der Waals surface area contributed by atoms with E-state index in [1.165, 1.54) is 11.3 Å². The lowest BCUT2D eigenvalue weighted by molar-refractivity contribution is -0.123. The molecular formula is C17H22N4O3S. The average molecular weight is 362 g/mol. The van der Waals surface area contributed by atoms with Crippen LogP contribution in [0.2, 0.25) is 0 Å². The van der Waals surface area contributed by atoms with Gasteiger partial charge in [0.25, 0.3) is 5.91 Å². The number of hydrogen-bond donors (Lipinski definition) is 1. The molecule has 0 spiro atoms. The van der Waals surface area contributed by atoms with E-state index in [1.54, 1.807) is 32.2 Å². The number of nitrogens with zero attached hydrogens (tertiary/aromatic N) is 3. The largest absolute Gasteiger partial charge is 0.371 e. The third-order valence-corrected chi connectivity index (χ3v) is 5.34. The Morgan fingerprint density at radius 2 is 2.28 bits per heavy atom. The van der Waals surface area contributed by atoms with Crippen molar-refractivity contribution in [2.24, 2.45) is 0 Å². The summed E-state index contributed by atoms with van der Waals surface area (Å²) in [6, 6.07) is 3.84. The molecule has 8 heteroatoms. The van der Waals surface area contributed by atoms with Gasteiger partial charge in [0.05, 0.1) is 19.3 Å². The Morgan fingerprint density at radius 1 is 1.48 bits per heavy atom. The highest BCUT2D eigenvalue weighted by atomic mass is 32.1. The minimum Gasteiger partial charge on any atom is -0.371 e. The van der Waals surface area contributed by atoms with Crippen LogP contribution in [0.25, 0.3) is 10.2 Å². The molecule has 1 saturated heterocycles. The van der Waals surface area contributed by atoms with Gasteiger partial charge in [0.2, 0.25) is 5.91 Å². The fourth-order valence-corrected chi connectivity index (χ4v) is 4.15. The number of fused-ring (bicyclic) bond motifs is 1. The summed E-state index contributed by atoms with van der Waals surface area (Å²) in [5.74, 6) is -0.0768. The zero-order chi connectivity index (χ0) is 18.0. The van der Waals surface area contributed by atoms with E-state index in [9.17, 15) is 9.59 Å². The van der Waals surface area contributed by atoms with E-state index in [0.29, 0.717) is 31.1 Å². The smallest absolute Gasteiger partial charge is 0.263 e. The van der Waals surface area contributed by atoms with Crippen LogP contribution in [0.3, 0.4) is 0 Å². The van der Waals surface area contributed by atoms with E-state index < -0.39 is 0 Å². The molecule has 1 fully saturated rings. The molecule has 0 saturated carbocycles. The summed E-state index contributed by atoms with van der Waals surface area (Å²) in [7, 11) is 5.11. The van der Waals surface area contributed by atoms with Crippen molar-refractivity contribution in [3.8, 4) is 0 Å². The van der Waals surface area contributed by atoms with Gasteiger partial charge in [-0.2, -0.15) is 0 Å². The third-order valence-electron chi connectivity index (χ3n) is 4.22. The Kier molecular flexibility index (Phi) is 5.31. The van der Waals surface area contributed by atoms with Gasteiger partial charge < -0.3 is 15.0 Å². The number of carbonyl (C=O) groups is 2. The van der Waals surface area contributed by atoms with Crippen molar-refractivity contribution in [2.75, 3.05) is 47.4 Å². The minimum absolute atomic E-state index is 0.0258. The van der Waals surface area contributed by atoms with Gasteiger partial charge in [0.1, 0.15) is 9.71 Å². The molecule has 2 aromatic heterocycles. The van der Waals surface area contributed by atoms with Crippen LogP contribution in [-0.2, 0) is 9.53 Å². The molecule has 0 radical (unpaired) electrons. The normalized spacial score (nSPS) is 18.3. The second-order valence-electron chi connectivity index (χ2n) is 6.17. The number of ether oxygens (including phenoxy) is 1. The number of likely N-dealkylation sites (N-methyl/N-ethyl adjacent to an activating group) is 1. The fourth-order valence-electron chi connectivity index (χ4n) is 2.94. The molecule has 1 N–H and O–H groups in total. The van der Waals surface area contributed by atoms with Gasteiger partial charge in [-0.05, 0) is 6.07 Å². The zero-order valence-corrected chi connectivity index (χ0v) is 15.4. The Bertz CT molecular complexity index is 789. The summed E-state index contributed by atoms with van der Waals surface area (Å²) in [5, 5.41) is 3.59. The minimum atomic E-state index is -0.254. The molecule has 1 atom stereocenters. The topological polar surface area (TPSA) is 74.8 Å².